The van der Waals surface area contributed by atoms with Crippen LogP contribution in [0.15, 0.2) is 30.3 Å². The minimum atomic E-state index is -1.41. The molecule has 1 rings (SSSR count). The predicted octanol–water partition coefficient (Wildman–Crippen LogP) is 2.28. The second kappa shape index (κ2) is 4.07. The molecule has 0 aromatic heterocycles. The third kappa shape index (κ3) is 2.20. The first-order chi connectivity index (χ1) is 5.55. The Labute approximate surface area is 87.2 Å². The van der Waals surface area contributed by atoms with Gasteiger partial charge in [0, 0.05) is 0 Å². The van der Waals surface area contributed by atoms with E-state index in [4.69, 9.17) is 11.8 Å². The van der Waals surface area contributed by atoms with Crippen molar-refractivity contribution in [1.82, 2.24) is 0 Å². The van der Waals surface area contributed by atoms with Gasteiger partial charge in [0.1, 0.15) is 0 Å². The summed E-state index contributed by atoms with van der Waals surface area (Å²) in [5.41, 5.74) is 0.551. The van der Waals surface area contributed by atoms with E-state index in [1.165, 1.54) is 5.30 Å². The Kier molecular flexibility index (Phi) is 3.55. The molecule has 0 saturated carbocycles. The Balaban J connectivity index is 3.07. The van der Waals surface area contributed by atoms with Gasteiger partial charge in [-0.15, -0.1) is 0 Å². The van der Waals surface area contributed by atoms with Crippen LogP contribution < -0.4 is 5.30 Å². The maximum absolute atomic E-state index is 5.59. The molecule has 1 radical (unpaired) electrons. The van der Waals surface area contributed by atoms with Crippen molar-refractivity contribution in [2.24, 2.45) is 0 Å². The molecule has 0 heterocycles. The van der Waals surface area contributed by atoms with Gasteiger partial charge in [-0.3, -0.25) is 0 Å². The van der Waals surface area contributed by atoms with E-state index in [-0.39, 0.29) is 0 Å². The van der Waals surface area contributed by atoms with Crippen molar-refractivity contribution in [2.45, 2.75) is 19.5 Å². The molecule has 1 atom stereocenters. The molecular weight excluding hydrogens is 250 g/mol. The SMILES string of the molecule is CC(C)P(=S)([Se])c1ccccc1. The summed E-state index contributed by atoms with van der Waals surface area (Å²) in [6.07, 6.45) is 0. The summed E-state index contributed by atoms with van der Waals surface area (Å²) in [4.78, 5) is 0. The van der Waals surface area contributed by atoms with Crippen LogP contribution in [0, 0.1) is 0 Å². The molecule has 0 saturated heterocycles. The van der Waals surface area contributed by atoms with E-state index in [1.54, 1.807) is 0 Å². The molecule has 0 N–H and O–H groups in total. The minimum absolute atomic E-state index is 0.551. The summed E-state index contributed by atoms with van der Waals surface area (Å²) in [5, 5.41) is 1.30. The molecule has 0 nitrogen and oxygen atoms in total. The molecule has 1 aromatic rings. The van der Waals surface area contributed by atoms with E-state index in [9.17, 15) is 0 Å². The van der Waals surface area contributed by atoms with E-state index in [1.807, 2.05) is 6.07 Å². The van der Waals surface area contributed by atoms with Gasteiger partial charge in [-0.25, -0.2) is 0 Å². The third-order valence-corrected chi connectivity index (χ3v) is 10.1. The average Bonchev–Trinajstić information content (AvgIpc) is 2.06. The zero-order valence-electron chi connectivity index (χ0n) is 7.23. The van der Waals surface area contributed by atoms with Crippen LogP contribution in [0.2, 0.25) is 0 Å². The van der Waals surface area contributed by atoms with Crippen LogP contribution in [-0.2, 0) is 11.8 Å². The van der Waals surface area contributed by atoms with E-state index in [2.05, 4.69) is 53.7 Å². The van der Waals surface area contributed by atoms with Crippen LogP contribution in [0.3, 0.4) is 0 Å². The molecule has 0 spiro atoms. The fourth-order valence-electron chi connectivity index (χ4n) is 0.934. The zero-order valence-corrected chi connectivity index (χ0v) is 10.7. The van der Waals surface area contributed by atoms with Crippen LogP contribution in [-0.4, -0.2) is 21.2 Å². The summed E-state index contributed by atoms with van der Waals surface area (Å²) in [5.74, 6) is 0. The standard InChI is InChI=1S/C9H12PSSe/c1-8(2)10(11,12)9-6-4-3-5-7-9/h3-8H,1-2H3. The number of rotatable bonds is 2. The molecule has 1 aromatic carbocycles. The first-order valence-electron chi connectivity index (χ1n) is 3.91. The molecule has 0 aliphatic heterocycles. The summed E-state index contributed by atoms with van der Waals surface area (Å²) in [7, 11) is 0. The molecule has 3 heteroatoms. The maximum atomic E-state index is 5.59. The third-order valence-electron chi connectivity index (χ3n) is 1.80. The molecule has 0 aliphatic rings. The van der Waals surface area contributed by atoms with Gasteiger partial charge >= 0.3 is 87.2 Å². The first-order valence-corrected chi connectivity index (χ1v) is 9.00. The second-order valence-corrected chi connectivity index (χ2v) is 12.7. The van der Waals surface area contributed by atoms with Gasteiger partial charge in [0.05, 0.1) is 0 Å². The monoisotopic (exact) mass is 263 g/mol. The van der Waals surface area contributed by atoms with Gasteiger partial charge in [0.15, 0.2) is 0 Å². The van der Waals surface area contributed by atoms with Gasteiger partial charge in [-0.1, -0.05) is 0 Å². The van der Waals surface area contributed by atoms with Crippen LogP contribution >= 0.6 is 4.73 Å². The van der Waals surface area contributed by atoms with Crippen molar-refractivity contribution in [2.75, 3.05) is 0 Å². The van der Waals surface area contributed by atoms with Crippen molar-refractivity contribution in [3.63, 3.8) is 0 Å². The molecule has 0 aliphatic carbocycles. The van der Waals surface area contributed by atoms with Crippen molar-refractivity contribution >= 4 is 37.4 Å². The van der Waals surface area contributed by atoms with Crippen LogP contribution in [0.5, 0.6) is 0 Å². The van der Waals surface area contributed by atoms with E-state index >= 15 is 0 Å². The van der Waals surface area contributed by atoms with Crippen LogP contribution in [0.1, 0.15) is 13.8 Å². The molecule has 1 unspecified atom stereocenters. The normalized spacial score (nSPS) is 16.0. The Morgan fingerprint density at radius 1 is 1.25 bits per heavy atom. The summed E-state index contributed by atoms with van der Waals surface area (Å²) in [6.45, 7) is 4.37. The first kappa shape index (κ1) is 10.5. The van der Waals surface area contributed by atoms with Crippen molar-refractivity contribution in [1.29, 1.82) is 0 Å². The molecule has 12 heavy (non-hydrogen) atoms. The van der Waals surface area contributed by atoms with Crippen molar-refractivity contribution < 1.29 is 0 Å². The molecule has 0 fully saturated rings. The summed E-state index contributed by atoms with van der Waals surface area (Å²) in [6, 6.07) is 10.4. The van der Waals surface area contributed by atoms with Gasteiger partial charge in [-0.2, -0.15) is 0 Å². The zero-order chi connectivity index (χ0) is 9.19. The van der Waals surface area contributed by atoms with E-state index in [0.717, 1.165) is 0 Å². The average molecular weight is 262 g/mol. The molecule has 0 bridgehead atoms. The number of hydrogen-bond acceptors (Lipinski definition) is 1. The van der Waals surface area contributed by atoms with E-state index in [0.29, 0.717) is 5.66 Å². The van der Waals surface area contributed by atoms with Crippen molar-refractivity contribution in [3.8, 4) is 0 Å². The Morgan fingerprint density at radius 3 is 2.17 bits per heavy atom. The van der Waals surface area contributed by atoms with Crippen molar-refractivity contribution in [3.05, 3.63) is 30.3 Å². The predicted molar refractivity (Wildman–Crippen MR) is 61.3 cm³/mol. The van der Waals surface area contributed by atoms with Gasteiger partial charge < -0.3 is 0 Å². The molecular formula is C9H12PSSe. The topological polar surface area (TPSA) is 0 Å². The quantitative estimate of drug-likeness (QED) is 0.582. The van der Waals surface area contributed by atoms with Crippen LogP contribution in [0.25, 0.3) is 0 Å². The van der Waals surface area contributed by atoms with Crippen LogP contribution in [0.4, 0.5) is 0 Å². The fraction of sp³-hybridized carbons (Fsp3) is 0.333. The van der Waals surface area contributed by atoms with Gasteiger partial charge in [0.25, 0.3) is 0 Å². The van der Waals surface area contributed by atoms with E-state index < -0.39 is 4.73 Å². The molecule has 65 valence electrons. The fourth-order valence-corrected chi connectivity index (χ4v) is 3.25. The summed E-state index contributed by atoms with van der Waals surface area (Å²) >= 11 is 8.78. The Morgan fingerprint density at radius 2 is 1.75 bits per heavy atom. The number of benzene rings is 1. The Bertz CT molecular complexity index is 295. The summed E-state index contributed by atoms with van der Waals surface area (Å²) < 4.78 is -1.41. The Hall–Kier alpha value is 0.389. The van der Waals surface area contributed by atoms with Gasteiger partial charge in [0.2, 0.25) is 0 Å². The molecule has 0 amide bonds. The van der Waals surface area contributed by atoms with Gasteiger partial charge in [-0.05, 0) is 0 Å². The second-order valence-electron chi connectivity index (χ2n) is 3.03. The number of hydrogen-bond donors (Lipinski definition) is 0.